The maximum absolute atomic E-state index is 13.7. The van der Waals surface area contributed by atoms with Crippen molar-refractivity contribution in [1.82, 2.24) is 30.2 Å². The Labute approximate surface area is 227 Å². The number of nitrogens with zero attached hydrogens (tertiary/aromatic N) is 5. The molecule has 2 atom stereocenters. The molecule has 5 rings (SSSR count). The molecule has 5 aromatic rings. The van der Waals surface area contributed by atoms with Crippen LogP contribution in [0.5, 0.6) is 0 Å². The Hall–Kier alpha value is -5.44. The Bertz CT molecular complexity index is 1760. The molecule has 3 heterocycles. The molecule has 5 N–H and O–H groups in total. The number of nitrogens with one attached hydrogen (secondary N) is 3. The second-order valence-corrected chi connectivity index (χ2v) is 9.11. The van der Waals surface area contributed by atoms with E-state index in [1.807, 2.05) is 43.5 Å². The van der Waals surface area contributed by atoms with Crippen molar-refractivity contribution in [3.05, 3.63) is 95.3 Å². The van der Waals surface area contributed by atoms with E-state index in [1.54, 1.807) is 6.92 Å². The zero-order valence-corrected chi connectivity index (χ0v) is 21.4. The largest absolute Gasteiger partial charge is 0.383 e. The van der Waals surface area contributed by atoms with Crippen molar-refractivity contribution in [2.75, 3.05) is 11.1 Å². The van der Waals surface area contributed by atoms with Crippen LogP contribution in [0.25, 0.3) is 22.2 Å². The zero-order valence-electron chi connectivity index (χ0n) is 21.4. The Kier molecular flexibility index (Phi) is 7.03. The lowest BCUT2D eigenvalue weighted by atomic mass is 10.0. The van der Waals surface area contributed by atoms with E-state index >= 15 is 0 Å². The minimum atomic E-state index is -1.02. The number of hydrogen-bond donors (Lipinski definition) is 4. The number of halogens is 2. The number of carbonyl (C=O) groups excluding carboxylic acids is 1. The Balaban J connectivity index is 1.36. The molecule has 2 aromatic carbocycles. The molecule has 0 aliphatic rings. The summed E-state index contributed by atoms with van der Waals surface area (Å²) in [5.41, 5.74) is 9.58. The number of nitriles is 1. The van der Waals surface area contributed by atoms with E-state index in [-0.39, 0.29) is 23.2 Å². The molecule has 12 heteroatoms. The number of rotatable bonds is 7. The van der Waals surface area contributed by atoms with Gasteiger partial charge in [0.2, 0.25) is 0 Å². The summed E-state index contributed by atoms with van der Waals surface area (Å²) < 4.78 is 27.0. The minimum absolute atomic E-state index is 0.0461. The van der Waals surface area contributed by atoms with Crippen LogP contribution in [0.2, 0.25) is 0 Å². The number of aromatic amines is 1. The molecule has 0 saturated heterocycles. The molecule has 0 aliphatic carbocycles. The highest BCUT2D eigenvalue weighted by Crippen LogP contribution is 2.31. The van der Waals surface area contributed by atoms with Crippen molar-refractivity contribution in [2.24, 2.45) is 0 Å². The lowest BCUT2D eigenvalue weighted by Crippen LogP contribution is -2.29. The monoisotopic (exact) mass is 539 g/mol. The normalized spacial score (nSPS) is 12.5. The van der Waals surface area contributed by atoms with Crippen molar-refractivity contribution >= 4 is 28.6 Å². The number of nitrogen functional groups attached to an aromatic ring is 1. The molecule has 200 valence electrons. The van der Waals surface area contributed by atoms with Gasteiger partial charge in [0.1, 0.15) is 23.9 Å². The fourth-order valence-corrected chi connectivity index (χ4v) is 4.29. The van der Waals surface area contributed by atoms with Crippen molar-refractivity contribution in [3.8, 4) is 17.2 Å². The van der Waals surface area contributed by atoms with Crippen LogP contribution >= 0.6 is 0 Å². The molecule has 10 nitrogen and oxygen atoms in total. The number of anilines is 2. The second kappa shape index (κ2) is 10.7. The van der Waals surface area contributed by atoms with E-state index < -0.39 is 23.6 Å². The minimum Gasteiger partial charge on any atom is -0.383 e. The van der Waals surface area contributed by atoms with Crippen LogP contribution < -0.4 is 16.4 Å². The maximum atomic E-state index is 13.7. The summed E-state index contributed by atoms with van der Waals surface area (Å²) in [5, 5.41) is 15.9. The third-order valence-electron chi connectivity index (χ3n) is 6.47. The number of benzene rings is 2. The first-order valence-electron chi connectivity index (χ1n) is 12.2. The van der Waals surface area contributed by atoms with Crippen molar-refractivity contribution in [1.29, 1.82) is 5.26 Å². The first kappa shape index (κ1) is 26.2. The van der Waals surface area contributed by atoms with Gasteiger partial charge in [-0.05, 0) is 42.7 Å². The number of H-pyrrole nitrogens is 1. The molecule has 0 radical (unpaired) electrons. The Morgan fingerprint density at radius 1 is 1.02 bits per heavy atom. The molecule has 0 aliphatic heterocycles. The Morgan fingerprint density at radius 3 is 2.50 bits per heavy atom. The summed E-state index contributed by atoms with van der Waals surface area (Å²) in [7, 11) is 0. The predicted molar refractivity (Wildman–Crippen MR) is 145 cm³/mol. The fourth-order valence-electron chi connectivity index (χ4n) is 4.29. The van der Waals surface area contributed by atoms with Crippen LogP contribution in [0.3, 0.4) is 0 Å². The van der Waals surface area contributed by atoms with Gasteiger partial charge < -0.3 is 21.4 Å². The SMILES string of the molecule is C[C@H](NC(=O)c1nc(C#N)cnc1N[C@H](C)c1ccc(-c2c[nH]c3ncnc(N)c23)cc1)c1ccc(F)c(F)c1. The number of nitrogens with two attached hydrogens (primary N) is 1. The summed E-state index contributed by atoms with van der Waals surface area (Å²) in [6.07, 6.45) is 4.49. The second-order valence-electron chi connectivity index (χ2n) is 9.11. The first-order valence-corrected chi connectivity index (χ1v) is 12.2. The van der Waals surface area contributed by atoms with E-state index in [9.17, 15) is 18.8 Å². The third-order valence-corrected chi connectivity index (χ3v) is 6.47. The van der Waals surface area contributed by atoms with E-state index in [1.165, 1.54) is 18.6 Å². The molecular weight excluding hydrogens is 516 g/mol. The maximum Gasteiger partial charge on any atom is 0.274 e. The van der Waals surface area contributed by atoms with Gasteiger partial charge in [0.05, 0.1) is 23.7 Å². The molecule has 3 aromatic heterocycles. The summed E-state index contributed by atoms with van der Waals surface area (Å²) >= 11 is 0. The highest BCUT2D eigenvalue weighted by Gasteiger charge is 2.21. The van der Waals surface area contributed by atoms with Gasteiger partial charge in [0.15, 0.2) is 28.8 Å². The average Bonchev–Trinajstić information content (AvgIpc) is 3.40. The van der Waals surface area contributed by atoms with Crippen LogP contribution in [0.4, 0.5) is 20.4 Å². The molecule has 0 bridgehead atoms. The zero-order chi connectivity index (χ0) is 28.4. The average molecular weight is 540 g/mol. The topological polar surface area (TPSA) is 158 Å². The van der Waals surface area contributed by atoms with Crippen LogP contribution in [-0.2, 0) is 0 Å². The smallest absolute Gasteiger partial charge is 0.274 e. The van der Waals surface area contributed by atoms with Crippen molar-refractivity contribution in [2.45, 2.75) is 25.9 Å². The molecule has 0 saturated carbocycles. The van der Waals surface area contributed by atoms with Crippen molar-refractivity contribution < 1.29 is 13.6 Å². The number of amides is 1. The van der Waals surface area contributed by atoms with E-state index in [4.69, 9.17) is 5.73 Å². The van der Waals surface area contributed by atoms with E-state index in [2.05, 4.69) is 35.6 Å². The van der Waals surface area contributed by atoms with E-state index in [0.29, 0.717) is 17.0 Å². The number of hydrogen-bond acceptors (Lipinski definition) is 8. The summed E-state index contributed by atoms with van der Waals surface area (Å²) in [6.45, 7) is 3.51. The standard InChI is InChI=1S/C28H23F2N9O/c1-14(16-3-5-17(6-4-16)20-12-34-26-23(20)25(32)35-13-36-26)37-27-24(39-19(10-31)11-33-27)28(40)38-15(2)18-7-8-21(29)22(30)9-18/h3-9,11-15H,1-2H3,(H,33,37)(H,38,40)(H3,32,34,35,36)/t14-,15+/m1/s1. The summed E-state index contributed by atoms with van der Waals surface area (Å²) in [4.78, 5) is 32.9. The van der Waals surface area contributed by atoms with Gasteiger partial charge in [-0.3, -0.25) is 4.79 Å². The first-order chi connectivity index (χ1) is 19.2. The molecule has 0 unspecified atom stereocenters. The number of fused-ring (bicyclic) bond motifs is 1. The fraction of sp³-hybridized carbons (Fsp3) is 0.143. The summed E-state index contributed by atoms with van der Waals surface area (Å²) in [6, 6.07) is 12.0. The van der Waals surface area contributed by atoms with Crippen LogP contribution in [0.1, 0.15) is 53.2 Å². The molecule has 0 fully saturated rings. The molecule has 0 spiro atoms. The number of aromatic nitrogens is 5. The lowest BCUT2D eigenvalue weighted by molar-refractivity contribution is 0.0935. The van der Waals surface area contributed by atoms with Crippen LogP contribution in [0, 0.1) is 23.0 Å². The van der Waals surface area contributed by atoms with Gasteiger partial charge in [-0.15, -0.1) is 0 Å². The van der Waals surface area contributed by atoms with Gasteiger partial charge >= 0.3 is 0 Å². The van der Waals surface area contributed by atoms with Gasteiger partial charge in [0.25, 0.3) is 5.91 Å². The lowest BCUT2D eigenvalue weighted by Gasteiger charge is -2.19. The van der Waals surface area contributed by atoms with Gasteiger partial charge in [-0.1, -0.05) is 30.3 Å². The quantitative estimate of drug-likeness (QED) is 0.229. The highest BCUT2D eigenvalue weighted by atomic mass is 19.2. The van der Waals surface area contributed by atoms with Crippen LogP contribution in [0.15, 0.2) is 61.2 Å². The van der Waals surface area contributed by atoms with Gasteiger partial charge in [-0.25, -0.2) is 28.7 Å². The third kappa shape index (κ3) is 5.12. The number of carbonyl (C=O) groups is 1. The summed E-state index contributed by atoms with van der Waals surface area (Å²) in [5.74, 6) is -2.10. The molecule has 40 heavy (non-hydrogen) atoms. The van der Waals surface area contributed by atoms with Crippen LogP contribution in [-0.4, -0.2) is 30.8 Å². The van der Waals surface area contributed by atoms with Gasteiger partial charge in [0, 0.05) is 11.8 Å². The molecule has 1 amide bonds. The predicted octanol–water partition coefficient (Wildman–Crippen LogP) is 4.81. The highest BCUT2D eigenvalue weighted by molar-refractivity contribution is 6.00. The van der Waals surface area contributed by atoms with E-state index in [0.717, 1.165) is 34.2 Å². The molecular formula is C28H23F2N9O. The van der Waals surface area contributed by atoms with Crippen molar-refractivity contribution in [3.63, 3.8) is 0 Å². The Morgan fingerprint density at radius 2 is 1.77 bits per heavy atom. The van der Waals surface area contributed by atoms with Gasteiger partial charge in [-0.2, -0.15) is 5.26 Å².